The topological polar surface area (TPSA) is 68.1 Å². The van der Waals surface area contributed by atoms with E-state index in [0.717, 1.165) is 12.8 Å². The first-order valence-electron chi connectivity index (χ1n) is 9.86. The fourth-order valence-corrected chi connectivity index (χ4v) is 5.69. The first-order valence-corrected chi connectivity index (χ1v) is 11.3. The number of pyridine rings is 1. The summed E-state index contributed by atoms with van der Waals surface area (Å²) in [5.41, 5.74) is 2.35. The normalized spacial score (nSPS) is 12.2. The van der Waals surface area contributed by atoms with Gasteiger partial charge in [0.25, 0.3) is 0 Å². The maximum Gasteiger partial charge on any atom is 0.246 e. The van der Waals surface area contributed by atoms with Gasteiger partial charge >= 0.3 is 0 Å². The molecular formula is C21H27FN4O2S. The van der Waals surface area contributed by atoms with E-state index >= 15 is 0 Å². The van der Waals surface area contributed by atoms with Crippen molar-refractivity contribution in [3.05, 3.63) is 53.2 Å². The van der Waals surface area contributed by atoms with E-state index in [0.29, 0.717) is 40.9 Å². The van der Waals surface area contributed by atoms with Gasteiger partial charge in [0.15, 0.2) is 0 Å². The molecule has 0 saturated heterocycles. The van der Waals surface area contributed by atoms with Crippen LogP contribution in [-0.4, -0.2) is 40.6 Å². The molecule has 0 aliphatic rings. The minimum Gasteiger partial charge on any atom is -0.264 e. The third kappa shape index (κ3) is 4.18. The second-order valence-electron chi connectivity index (χ2n) is 7.20. The molecule has 8 heteroatoms. The van der Waals surface area contributed by atoms with Crippen LogP contribution in [0.1, 0.15) is 43.6 Å². The second kappa shape index (κ2) is 8.59. The zero-order valence-corrected chi connectivity index (χ0v) is 18.1. The van der Waals surface area contributed by atoms with Crippen molar-refractivity contribution in [1.82, 2.24) is 19.1 Å². The molecule has 6 nitrogen and oxygen atoms in total. The highest BCUT2D eigenvalue weighted by atomic mass is 32.2. The third-order valence-corrected chi connectivity index (χ3v) is 7.08. The average Bonchev–Trinajstić information content (AvgIpc) is 2.95. The number of fused-ring (bicyclic) bond motifs is 1. The summed E-state index contributed by atoms with van der Waals surface area (Å²) < 4.78 is 43.8. The van der Waals surface area contributed by atoms with Gasteiger partial charge in [0.2, 0.25) is 10.0 Å². The molecule has 0 aliphatic carbocycles. The standard InChI is InChI=1S/C21H27FN4O2S/c1-5-10-25(11-6-2)29(27,28)21-15(3)24-26(16(21)4)14-18-13-19(22)12-17-8-7-9-23-20(17)18/h7-9,12-13H,5-6,10-11,14H2,1-4H3. The monoisotopic (exact) mass is 418 g/mol. The molecule has 0 atom stereocenters. The van der Waals surface area contributed by atoms with Gasteiger partial charge in [0, 0.05) is 30.2 Å². The Kier molecular flexibility index (Phi) is 6.33. The van der Waals surface area contributed by atoms with Crippen molar-refractivity contribution < 1.29 is 12.8 Å². The molecule has 0 amide bonds. The number of halogens is 1. The second-order valence-corrected chi connectivity index (χ2v) is 9.08. The number of aromatic nitrogens is 3. The van der Waals surface area contributed by atoms with Crippen molar-refractivity contribution in [1.29, 1.82) is 0 Å². The zero-order chi connectivity index (χ0) is 21.2. The molecule has 0 radical (unpaired) electrons. The highest BCUT2D eigenvalue weighted by Crippen LogP contribution is 2.26. The predicted octanol–water partition coefficient (Wildman–Crippen LogP) is 4.05. The number of sulfonamides is 1. The van der Waals surface area contributed by atoms with E-state index in [2.05, 4.69) is 10.1 Å². The summed E-state index contributed by atoms with van der Waals surface area (Å²) in [6, 6.07) is 6.44. The van der Waals surface area contributed by atoms with Crippen molar-refractivity contribution >= 4 is 20.9 Å². The Morgan fingerprint density at radius 1 is 1.14 bits per heavy atom. The lowest BCUT2D eigenvalue weighted by Gasteiger charge is -2.21. The molecule has 0 N–H and O–H groups in total. The molecule has 0 saturated carbocycles. The maximum absolute atomic E-state index is 14.1. The number of aryl methyl sites for hydroxylation is 1. The van der Waals surface area contributed by atoms with E-state index in [1.807, 2.05) is 13.8 Å². The number of hydrogen-bond donors (Lipinski definition) is 0. The average molecular weight is 419 g/mol. The Labute approximate surface area is 171 Å². The van der Waals surface area contributed by atoms with Crippen LogP contribution >= 0.6 is 0 Å². The Bertz CT molecular complexity index is 1120. The molecule has 0 spiro atoms. The molecule has 0 unspecified atom stereocenters. The predicted molar refractivity (Wildman–Crippen MR) is 112 cm³/mol. The Balaban J connectivity index is 2.05. The fourth-order valence-electron chi connectivity index (χ4n) is 3.70. The first kappa shape index (κ1) is 21.4. The van der Waals surface area contributed by atoms with Crippen LogP contribution in [0.4, 0.5) is 4.39 Å². The summed E-state index contributed by atoms with van der Waals surface area (Å²) in [5.74, 6) is -0.355. The molecule has 0 aliphatic heterocycles. The lowest BCUT2D eigenvalue weighted by atomic mass is 10.1. The summed E-state index contributed by atoms with van der Waals surface area (Å²) in [5, 5.41) is 5.17. The van der Waals surface area contributed by atoms with Crippen LogP contribution in [0, 0.1) is 19.7 Å². The van der Waals surface area contributed by atoms with Gasteiger partial charge in [-0.1, -0.05) is 19.9 Å². The lowest BCUT2D eigenvalue weighted by Crippen LogP contribution is -2.33. The Hall–Kier alpha value is -2.32. The molecular weight excluding hydrogens is 391 g/mol. The molecule has 1 aromatic carbocycles. The van der Waals surface area contributed by atoms with Crippen LogP contribution in [-0.2, 0) is 16.6 Å². The van der Waals surface area contributed by atoms with Crippen LogP contribution in [0.3, 0.4) is 0 Å². The van der Waals surface area contributed by atoms with Crippen molar-refractivity contribution in [3.8, 4) is 0 Å². The molecule has 0 fully saturated rings. The number of hydrogen-bond acceptors (Lipinski definition) is 4. The molecule has 29 heavy (non-hydrogen) atoms. The summed E-state index contributed by atoms with van der Waals surface area (Å²) in [6.07, 6.45) is 3.15. The third-order valence-electron chi connectivity index (χ3n) is 4.93. The van der Waals surface area contributed by atoms with Gasteiger partial charge in [0.05, 0.1) is 23.4 Å². The number of nitrogens with zero attached hydrogens (tertiary/aromatic N) is 4. The van der Waals surface area contributed by atoms with Gasteiger partial charge in [-0.3, -0.25) is 9.67 Å². The van der Waals surface area contributed by atoms with E-state index in [4.69, 9.17) is 0 Å². The van der Waals surface area contributed by atoms with E-state index in [1.165, 1.54) is 16.4 Å². The van der Waals surface area contributed by atoms with Crippen LogP contribution in [0.5, 0.6) is 0 Å². The van der Waals surface area contributed by atoms with E-state index in [1.54, 1.807) is 36.9 Å². The van der Waals surface area contributed by atoms with E-state index in [9.17, 15) is 12.8 Å². The van der Waals surface area contributed by atoms with Crippen molar-refractivity contribution in [2.24, 2.45) is 0 Å². The quantitative estimate of drug-likeness (QED) is 0.554. The SMILES string of the molecule is CCCN(CCC)S(=O)(=O)c1c(C)nn(Cc2cc(F)cc3cccnc23)c1C. The van der Waals surface area contributed by atoms with Crippen molar-refractivity contribution in [2.45, 2.75) is 52.0 Å². The molecule has 0 bridgehead atoms. The molecule has 2 heterocycles. The summed E-state index contributed by atoms with van der Waals surface area (Å²) in [7, 11) is -3.65. The lowest BCUT2D eigenvalue weighted by molar-refractivity contribution is 0.409. The number of rotatable bonds is 8. The van der Waals surface area contributed by atoms with E-state index < -0.39 is 10.0 Å². The van der Waals surface area contributed by atoms with Gasteiger partial charge in [-0.15, -0.1) is 0 Å². The molecule has 3 rings (SSSR count). The minimum atomic E-state index is -3.65. The first-order chi connectivity index (χ1) is 13.8. The van der Waals surface area contributed by atoms with E-state index in [-0.39, 0.29) is 17.3 Å². The highest BCUT2D eigenvalue weighted by Gasteiger charge is 2.30. The van der Waals surface area contributed by atoms with Crippen molar-refractivity contribution in [3.63, 3.8) is 0 Å². The Morgan fingerprint density at radius 2 is 1.83 bits per heavy atom. The van der Waals surface area contributed by atoms with Crippen molar-refractivity contribution in [2.75, 3.05) is 13.1 Å². The summed E-state index contributed by atoms with van der Waals surface area (Å²) in [6.45, 7) is 8.56. The molecule has 156 valence electrons. The van der Waals surface area contributed by atoms with Gasteiger partial charge in [-0.2, -0.15) is 9.40 Å². The minimum absolute atomic E-state index is 0.244. The van der Waals surface area contributed by atoms with Crippen LogP contribution < -0.4 is 0 Å². The smallest absolute Gasteiger partial charge is 0.246 e. The molecule has 3 aromatic rings. The van der Waals surface area contributed by atoms with Crippen LogP contribution in [0.2, 0.25) is 0 Å². The maximum atomic E-state index is 14.1. The largest absolute Gasteiger partial charge is 0.264 e. The van der Waals surface area contributed by atoms with Gasteiger partial charge < -0.3 is 0 Å². The molecule has 2 aromatic heterocycles. The van der Waals surface area contributed by atoms with Crippen LogP contribution in [0.15, 0.2) is 35.4 Å². The highest BCUT2D eigenvalue weighted by molar-refractivity contribution is 7.89. The summed E-state index contributed by atoms with van der Waals surface area (Å²) >= 11 is 0. The summed E-state index contributed by atoms with van der Waals surface area (Å²) in [4.78, 5) is 4.61. The van der Waals surface area contributed by atoms with Gasteiger partial charge in [-0.25, -0.2) is 12.8 Å². The number of benzene rings is 1. The Morgan fingerprint density at radius 3 is 2.48 bits per heavy atom. The van der Waals surface area contributed by atoms with Gasteiger partial charge in [0.1, 0.15) is 10.7 Å². The van der Waals surface area contributed by atoms with Crippen LogP contribution in [0.25, 0.3) is 10.9 Å². The zero-order valence-electron chi connectivity index (χ0n) is 17.3. The fraction of sp³-hybridized carbons (Fsp3) is 0.429. The van der Waals surface area contributed by atoms with Gasteiger partial charge in [-0.05, 0) is 44.9 Å².